The van der Waals surface area contributed by atoms with Crippen molar-refractivity contribution < 1.29 is 5.11 Å². The van der Waals surface area contributed by atoms with Crippen LogP contribution in [-0.2, 0) is 0 Å². The summed E-state index contributed by atoms with van der Waals surface area (Å²) in [6.45, 7) is 1.70. The molecule has 10 heavy (non-hydrogen) atoms. The van der Waals surface area contributed by atoms with Crippen LogP contribution in [0.3, 0.4) is 0 Å². The van der Waals surface area contributed by atoms with Gasteiger partial charge in [-0.1, -0.05) is 0 Å². The maximum atomic E-state index is 9.05. The Morgan fingerprint density at radius 1 is 1.60 bits per heavy atom. The molecule has 0 radical (unpaired) electrons. The Balaban J connectivity index is 2.89. The number of nitrogens with zero attached hydrogens (tertiary/aromatic N) is 1. The minimum absolute atomic E-state index is 0.461. The monoisotopic (exact) mass is 249 g/mol. The van der Waals surface area contributed by atoms with E-state index in [1.54, 1.807) is 13.1 Å². The predicted molar refractivity (Wildman–Crippen MR) is 47.6 cm³/mol. The van der Waals surface area contributed by atoms with Gasteiger partial charge in [-0.2, -0.15) is 0 Å². The van der Waals surface area contributed by atoms with Gasteiger partial charge in [0.15, 0.2) is 0 Å². The second kappa shape index (κ2) is 3.30. The topological polar surface area (TPSA) is 33.1 Å². The second-order valence-electron chi connectivity index (χ2n) is 2.08. The van der Waals surface area contributed by atoms with Crippen LogP contribution in [0.25, 0.3) is 0 Å². The van der Waals surface area contributed by atoms with Crippen LogP contribution in [0.5, 0.6) is 0 Å². The van der Waals surface area contributed by atoms with Crippen LogP contribution < -0.4 is 0 Å². The van der Waals surface area contributed by atoms with Crippen LogP contribution in [-0.4, -0.2) is 10.1 Å². The van der Waals surface area contributed by atoms with E-state index in [4.69, 9.17) is 5.11 Å². The van der Waals surface area contributed by atoms with Crippen molar-refractivity contribution in [3.63, 3.8) is 0 Å². The first-order valence-electron chi connectivity index (χ1n) is 2.99. The number of aromatic nitrogens is 1. The molecule has 0 amide bonds. The molecule has 0 spiro atoms. The first kappa shape index (κ1) is 7.94. The molecule has 1 N–H and O–H groups in total. The van der Waals surface area contributed by atoms with Gasteiger partial charge in [-0.3, -0.25) is 4.98 Å². The van der Waals surface area contributed by atoms with Crippen molar-refractivity contribution in [2.24, 2.45) is 0 Å². The number of hydrogen-bond acceptors (Lipinski definition) is 2. The summed E-state index contributed by atoms with van der Waals surface area (Å²) < 4.78 is 1.09. The summed E-state index contributed by atoms with van der Waals surface area (Å²) in [7, 11) is 0. The van der Waals surface area contributed by atoms with E-state index < -0.39 is 6.10 Å². The minimum atomic E-state index is -0.461. The molecule has 0 aliphatic carbocycles. The van der Waals surface area contributed by atoms with Gasteiger partial charge in [-0.05, 0) is 41.6 Å². The standard InChI is InChI=1S/C7H8INO/c1-5(10)7-3-2-6(8)4-9-7/h2-5,10H,1H3. The van der Waals surface area contributed by atoms with E-state index in [1.807, 2.05) is 12.1 Å². The highest BCUT2D eigenvalue weighted by molar-refractivity contribution is 14.1. The van der Waals surface area contributed by atoms with Crippen molar-refractivity contribution in [1.29, 1.82) is 0 Å². The number of aliphatic hydroxyl groups excluding tert-OH is 1. The molecule has 0 saturated carbocycles. The summed E-state index contributed by atoms with van der Waals surface area (Å²) in [6.07, 6.45) is 1.28. The van der Waals surface area contributed by atoms with Gasteiger partial charge in [0.1, 0.15) is 0 Å². The Morgan fingerprint density at radius 3 is 2.70 bits per heavy atom. The van der Waals surface area contributed by atoms with E-state index in [2.05, 4.69) is 27.6 Å². The molecular weight excluding hydrogens is 241 g/mol. The summed E-state index contributed by atoms with van der Waals surface area (Å²) in [5.74, 6) is 0. The molecule has 1 atom stereocenters. The van der Waals surface area contributed by atoms with E-state index in [1.165, 1.54) is 0 Å². The Labute approximate surface area is 73.4 Å². The summed E-state index contributed by atoms with van der Waals surface area (Å²) >= 11 is 2.18. The highest BCUT2D eigenvalue weighted by Gasteiger charge is 1.99. The van der Waals surface area contributed by atoms with Crippen molar-refractivity contribution in [2.45, 2.75) is 13.0 Å². The smallest absolute Gasteiger partial charge is 0.0931 e. The third kappa shape index (κ3) is 1.91. The van der Waals surface area contributed by atoms with E-state index in [-0.39, 0.29) is 0 Å². The molecule has 1 heterocycles. The fourth-order valence-electron chi connectivity index (χ4n) is 0.634. The zero-order valence-corrected chi connectivity index (χ0v) is 7.74. The average Bonchev–Trinajstić information content (AvgIpc) is 1.88. The van der Waals surface area contributed by atoms with Crippen LogP contribution in [0.4, 0.5) is 0 Å². The molecule has 54 valence electrons. The lowest BCUT2D eigenvalue weighted by molar-refractivity contribution is 0.194. The fourth-order valence-corrected chi connectivity index (χ4v) is 0.953. The zero-order valence-electron chi connectivity index (χ0n) is 5.58. The average molecular weight is 249 g/mol. The van der Waals surface area contributed by atoms with Crippen molar-refractivity contribution >= 4 is 22.6 Å². The maximum absolute atomic E-state index is 9.05. The second-order valence-corrected chi connectivity index (χ2v) is 3.32. The van der Waals surface area contributed by atoms with Gasteiger partial charge in [0.25, 0.3) is 0 Å². The van der Waals surface area contributed by atoms with Crippen LogP contribution in [0.1, 0.15) is 18.7 Å². The Morgan fingerprint density at radius 2 is 2.30 bits per heavy atom. The van der Waals surface area contributed by atoms with Gasteiger partial charge in [0.2, 0.25) is 0 Å². The SMILES string of the molecule is CC(O)c1ccc(I)cn1. The predicted octanol–water partition coefficient (Wildman–Crippen LogP) is 1.74. The van der Waals surface area contributed by atoms with E-state index in [0.29, 0.717) is 0 Å². The van der Waals surface area contributed by atoms with Crippen molar-refractivity contribution in [2.75, 3.05) is 0 Å². The van der Waals surface area contributed by atoms with E-state index >= 15 is 0 Å². The number of hydrogen-bond donors (Lipinski definition) is 1. The number of rotatable bonds is 1. The largest absolute Gasteiger partial charge is 0.387 e. The van der Waals surface area contributed by atoms with Crippen LogP contribution in [0, 0.1) is 3.57 Å². The van der Waals surface area contributed by atoms with E-state index in [0.717, 1.165) is 9.26 Å². The van der Waals surface area contributed by atoms with Gasteiger partial charge in [0, 0.05) is 9.77 Å². The number of pyridine rings is 1. The molecule has 1 rings (SSSR count). The molecule has 3 heteroatoms. The summed E-state index contributed by atoms with van der Waals surface area (Å²) in [5, 5.41) is 9.05. The lowest BCUT2D eigenvalue weighted by Gasteiger charge is -2.01. The first-order valence-corrected chi connectivity index (χ1v) is 4.07. The van der Waals surface area contributed by atoms with Gasteiger partial charge < -0.3 is 5.11 Å². The van der Waals surface area contributed by atoms with Crippen molar-refractivity contribution in [1.82, 2.24) is 4.98 Å². The molecule has 1 unspecified atom stereocenters. The van der Waals surface area contributed by atoms with Gasteiger partial charge >= 0.3 is 0 Å². The molecule has 0 aliphatic rings. The number of halogens is 1. The molecule has 2 nitrogen and oxygen atoms in total. The molecule has 1 aromatic heterocycles. The molecule has 0 fully saturated rings. The maximum Gasteiger partial charge on any atom is 0.0931 e. The summed E-state index contributed by atoms with van der Waals surface area (Å²) in [4.78, 5) is 4.02. The Bertz CT molecular complexity index is 207. The van der Waals surface area contributed by atoms with Crippen molar-refractivity contribution in [3.05, 3.63) is 27.6 Å². The Kier molecular flexibility index (Phi) is 2.62. The molecule has 0 aliphatic heterocycles. The first-order chi connectivity index (χ1) is 4.70. The molecular formula is C7H8INO. The molecule has 0 saturated heterocycles. The quantitative estimate of drug-likeness (QED) is 0.769. The van der Waals surface area contributed by atoms with Crippen LogP contribution >= 0.6 is 22.6 Å². The highest BCUT2D eigenvalue weighted by Crippen LogP contribution is 2.09. The minimum Gasteiger partial charge on any atom is -0.387 e. The summed E-state index contributed by atoms with van der Waals surface area (Å²) in [5.41, 5.74) is 0.723. The van der Waals surface area contributed by atoms with Crippen molar-refractivity contribution in [3.8, 4) is 0 Å². The summed E-state index contributed by atoms with van der Waals surface area (Å²) in [6, 6.07) is 3.75. The van der Waals surface area contributed by atoms with Crippen LogP contribution in [0.15, 0.2) is 18.3 Å². The lowest BCUT2D eigenvalue weighted by atomic mass is 10.2. The molecule has 1 aromatic rings. The van der Waals surface area contributed by atoms with E-state index in [9.17, 15) is 0 Å². The molecule has 0 aromatic carbocycles. The van der Waals surface area contributed by atoms with Gasteiger partial charge in [0.05, 0.1) is 11.8 Å². The fraction of sp³-hybridized carbons (Fsp3) is 0.286. The normalized spacial score (nSPS) is 13.1. The number of aliphatic hydroxyl groups is 1. The third-order valence-electron chi connectivity index (χ3n) is 1.18. The van der Waals surface area contributed by atoms with Crippen LogP contribution in [0.2, 0.25) is 0 Å². The van der Waals surface area contributed by atoms with Gasteiger partial charge in [-0.25, -0.2) is 0 Å². The molecule has 0 bridgehead atoms. The zero-order chi connectivity index (χ0) is 7.56. The highest BCUT2D eigenvalue weighted by atomic mass is 127. The van der Waals surface area contributed by atoms with Gasteiger partial charge in [-0.15, -0.1) is 0 Å². The third-order valence-corrected chi connectivity index (χ3v) is 1.82. The Hall–Kier alpha value is -0.160. The lowest BCUT2D eigenvalue weighted by Crippen LogP contribution is -1.94.